The molecule has 0 unspecified atom stereocenters. The van der Waals surface area contributed by atoms with E-state index in [0.717, 1.165) is 0 Å². The Kier molecular flexibility index (Phi) is 4.20. The molecule has 0 saturated carbocycles. The van der Waals surface area contributed by atoms with Crippen molar-refractivity contribution in [2.75, 3.05) is 50.4 Å². The number of nitrogens with zero attached hydrogens (tertiary/aromatic N) is 4. The van der Waals surface area contributed by atoms with Crippen LogP contribution in [0.3, 0.4) is 0 Å². The first-order valence-electron chi connectivity index (χ1n) is 7.33. The van der Waals surface area contributed by atoms with E-state index < -0.39 is 5.82 Å². The molecule has 24 heavy (non-hydrogen) atoms. The van der Waals surface area contributed by atoms with Gasteiger partial charge in [0.2, 0.25) is 0 Å². The lowest BCUT2D eigenvalue weighted by Gasteiger charge is -2.42. The predicted molar refractivity (Wildman–Crippen MR) is 93.4 cm³/mol. The van der Waals surface area contributed by atoms with Gasteiger partial charge >= 0.3 is 0 Å². The van der Waals surface area contributed by atoms with Crippen LogP contribution in [0.2, 0.25) is 0 Å². The molecule has 6 nitrogen and oxygen atoms in total. The number of fused-ring (bicyclic) bond motifs is 1. The summed E-state index contributed by atoms with van der Waals surface area (Å²) < 4.78 is 19.9. The number of rotatable bonds is 2. The Hall–Kier alpha value is -2.53. The van der Waals surface area contributed by atoms with Crippen molar-refractivity contribution in [3.8, 4) is 18.1 Å². The Morgan fingerprint density at radius 2 is 1.96 bits per heavy atom. The van der Waals surface area contributed by atoms with Gasteiger partial charge in [0.15, 0.2) is 11.7 Å². The number of ether oxygens (including phenoxy) is 1. The number of carbonyl (C=O) groups is 1. The number of terminal acetylenes is 1. The molecule has 8 heteroatoms. The standard InChI is InChI=1S/C16H17FN4O2S/c1-4-5-21-13-7-12(11(17)6-14(13)23-8-15(21)22)20-9-18(2)16(24)19(3)10-20/h1,6-7H,5,8-10H2,2-3H3. The summed E-state index contributed by atoms with van der Waals surface area (Å²) in [6.45, 7) is 0.868. The second-order valence-corrected chi connectivity index (χ2v) is 6.11. The van der Waals surface area contributed by atoms with Crippen LogP contribution >= 0.6 is 12.2 Å². The van der Waals surface area contributed by atoms with Gasteiger partial charge in [-0.25, -0.2) is 4.39 Å². The van der Waals surface area contributed by atoms with Crippen LogP contribution in [0, 0.1) is 18.2 Å². The van der Waals surface area contributed by atoms with Crippen molar-refractivity contribution in [2.24, 2.45) is 0 Å². The van der Waals surface area contributed by atoms with E-state index in [1.807, 2.05) is 28.8 Å². The molecule has 0 N–H and O–H groups in total. The van der Waals surface area contributed by atoms with Gasteiger partial charge in [-0.05, 0) is 18.3 Å². The monoisotopic (exact) mass is 348 g/mol. The largest absolute Gasteiger partial charge is 0.481 e. The molecule has 126 valence electrons. The Bertz CT molecular complexity index is 734. The zero-order valence-electron chi connectivity index (χ0n) is 13.5. The summed E-state index contributed by atoms with van der Waals surface area (Å²) in [6, 6.07) is 2.91. The van der Waals surface area contributed by atoms with E-state index in [4.69, 9.17) is 23.4 Å². The summed E-state index contributed by atoms with van der Waals surface area (Å²) in [5.74, 6) is 2.11. The minimum absolute atomic E-state index is 0.115. The Balaban J connectivity index is 2.00. The number of benzene rings is 1. The molecule has 0 spiro atoms. The molecule has 1 saturated heterocycles. The van der Waals surface area contributed by atoms with Gasteiger partial charge < -0.3 is 19.4 Å². The molecular weight excluding hydrogens is 331 g/mol. The van der Waals surface area contributed by atoms with Gasteiger partial charge in [0, 0.05) is 20.2 Å². The molecule has 0 bridgehead atoms. The molecule has 0 aromatic heterocycles. The Morgan fingerprint density at radius 1 is 1.29 bits per heavy atom. The van der Waals surface area contributed by atoms with Crippen LogP contribution in [0.1, 0.15) is 0 Å². The molecule has 3 rings (SSSR count). The summed E-state index contributed by atoms with van der Waals surface area (Å²) in [5, 5.41) is 0.692. The van der Waals surface area contributed by atoms with Gasteiger partial charge in [-0.1, -0.05) is 5.92 Å². The lowest BCUT2D eigenvalue weighted by Crippen LogP contribution is -2.55. The predicted octanol–water partition coefficient (Wildman–Crippen LogP) is 1.07. The molecule has 2 aliphatic heterocycles. The van der Waals surface area contributed by atoms with E-state index in [-0.39, 0.29) is 19.1 Å². The maximum atomic E-state index is 14.6. The summed E-state index contributed by atoms with van der Waals surface area (Å²) in [4.78, 5) is 19.0. The van der Waals surface area contributed by atoms with E-state index in [0.29, 0.717) is 35.6 Å². The average Bonchev–Trinajstić information content (AvgIpc) is 2.54. The van der Waals surface area contributed by atoms with Crippen LogP contribution in [0.25, 0.3) is 0 Å². The fourth-order valence-corrected chi connectivity index (χ4v) is 2.95. The van der Waals surface area contributed by atoms with Crippen LogP contribution in [0.15, 0.2) is 12.1 Å². The van der Waals surface area contributed by atoms with Gasteiger partial charge in [-0.15, -0.1) is 6.42 Å². The number of amides is 1. The zero-order chi connectivity index (χ0) is 17.4. The highest BCUT2D eigenvalue weighted by Crippen LogP contribution is 2.38. The normalized spacial score (nSPS) is 17.6. The van der Waals surface area contributed by atoms with Crippen molar-refractivity contribution >= 4 is 34.6 Å². The first-order chi connectivity index (χ1) is 11.4. The van der Waals surface area contributed by atoms with E-state index in [9.17, 15) is 9.18 Å². The summed E-state index contributed by atoms with van der Waals surface area (Å²) >= 11 is 5.29. The molecule has 1 aromatic rings. The molecular formula is C16H17FN4O2S. The number of hydrogen-bond acceptors (Lipinski definition) is 4. The third-order valence-electron chi connectivity index (χ3n) is 3.98. The fraction of sp³-hybridized carbons (Fsp3) is 0.375. The number of anilines is 2. The highest BCUT2D eigenvalue weighted by molar-refractivity contribution is 7.80. The molecule has 1 aromatic carbocycles. The van der Waals surface area contributed by atoms with Crippen molar-refractivity contribution in [1.82, 2.24) is 9.80 Å². The van der Waals surface area contributed by atoms with Gasteiger partial charge in [0.05, 0.1) is 31.3 Å². The maximum absolute atomic E-state index is 14.6. The van der Waals surface area contributed by atoms with Crippen LogP contribution < -0.4 is 14.5 Å². The molecule has 1 amide bonds. The van der Waals surface area contributed by atoms with Crippen LogP contribution in [-0.2, 0) is 4.79 Å². The van der Waals surface area contributed by atoms with Crippen molar-refractivity contribution < 1.29 is 13.9 Å². The van der Waals surface area contributed by atoms with E-state index in [1.165, 1.54) is 11.0 Å². The first-order valence-corrected chi connectivity index (χ1v) is 7.74. The van der Waals surface area contributed by atoms with Crippen molar-refractivity contribution in [2.45, 2.75) is 0 Å². The number of thiocarbonyl (C=S) groups is 1. The number of hydrogen-bond donors (Lipinski definition) is 0. The minimum Gasteiger partial charge on any atom is -0.481 e. The molecule has 2 heterocycles. The van der Waals surface area contributed by atoms with Crippen molar-refractivity contribution in [1.29, 1.82) is 0 Å². The van der Waals surface area contributed by atoms with Gasteiger partial charge in [0.1, 0.15) is 11.6 Å². The molecule has 0 radical (unpaired) electrons. The molecule has 0 atom stereocenters. The van der Waals surface area contributed by atoms with Crippen molar-refractivity contribution in [3.05, 3.63) is 17.9 Å². The van der Waals surface area contributed by atoms with Crippen molar-refractivity contribution in [3.63, 3.8) is 0 Å². The lowest BCUT2D eigenvalue weighted by atomic mass is 10.2. The zero-order valence-corrected chi connectivity index (χ0v) is 14.3. The topological polar surface area (TPSA) is 39.3 Å². The summed E-state index contributed by atoms with van der Waals surface area (Å²) in [6.07, 6.45) is 5.34. The summed E-state index contributed by atoms with van der Waals surface area (Å²) in [7, 11) is 3.69. The number of carbonyl (C=O) groups excluding carboxylic acids is 1. The fourth-order valence-electron chi connectivity index (χ4n) is 2.84. The van der Waals surface area contributed by atoms with Gasteiger partial charge in [-0.3, -0.25) is 9.69 Å². The maximum Gasteiger partial charge on any atom is 0.265 e. The van der Waals surface area contributed by atoms with E-state index in [1.54, 1.807) is 6.07 Å². The third kappa shape index (κ3) is 2.71. The molecule has 0 aliphatic carbocycles. The smallest absolute Gasteiger partial charge is 0.265 e. The SMILES string of the molecule is C#CCN1C(=O)COc2cc(F)c(N3CN(C)C(=S)N(C)C3)cc21. The second kappa shape index (κ2) is 6.17. The van der Waals surface area contributed by atoms with Gasteiger partial charge in [-0.2, -0.15) is 0 Å². The Labute approximate surface area is 145 Å². The highest BCUT2D eigenvalue weighted by atomic mass is 32.1. The van der Waals surface area contributed by atoms with Crippen LogP contribution in [0.5, 0.6) is 5.75 Å². The minimum atomic E-state index is -0.418. The second-order valence-electron chi connectivity index (χ2n) is 5.75. The summed E-state index contributed by atoms with van der Waals surface area (Å²) in [5.41, 5.74) is 0.856. The highest BCUT2D eigenvalue weighted by Gasteiger charge is 2.30. The van der Waals surface area contributed by atoms with E-state index in [2.05, 4.69) is 5.92 Å². The third-order valence-corrected chi connectivity index (χ3v) is 4.60. The lowest BCUT2D eigenvalue weighted by molar-refractivity contribution is -0.121. The van der Waals surface area contributed by atoms with Crippen LogP contribution in [-0.4, -0.2) is 61.4 Å². The Morgan fingerprint density at radius 3 is 2.58 bits per heavy atom. The van der Waals surface area contributed by atoms with Gasteiger partial charge in [0.25, 0.3) is 5.91 Å². The quantitative estimate of drug-likeness (QED) is 0.588. The van der Waals surface area contributed by atoms with Crippen LogP contribution in [0.4, 0.5) is 15.8 Å². The molecule has 1 fully saturated rings. The average molecular weight is 348 g/mol. The first kappa shape index (κ1) is 16.3. The number of halogens is 1. The van der Waals surface area contributed by atoms with E-state index >= 15 is 0 Å². The molecule has 2 aliphatic rings.